The number of aliphatic imine (C=N–C) groups is 2. The third-order valence-corrected chi connectivity index (χ3v) is 4.49. The van der Waals surface area contributed by atoms with Crippen LogP contribution in [0.4, 0.5) is 11.4 Å². The van der Waals surface area contributed by atoms with Gasteiger partial charge in [0.05, 0.1) is 11.4 Å². The van der Waals surface area contributed by atoms with Crippen LogP contribution in [0.5, 0.6) is 0 Å². The van der Waals surface area contributed by atoms with Crippen molar-refractivity contribution in [3.05, 3.63) is 58.1 Å². The van der Waals surface area contributed by atoms with Gasteiger partial charge in [-0.25, -0.2) is 0 Å². The monoisotopic (exact) mass is 320 g/mol. The summed E-state index contributed by atoms with van der Waals surface area (Å²) in [5, 5.41) is 0. The molecule has 0 radical (unpaired) electrons. The Bertz CT molecular complexity index is 766. The Kier molecular flexibility index (Phi) is 5.75. The normalized spacial score (nSPS) is 10.9. The van der Waals surface area contributed by atoms with Crippen LogP contribution >= 0.6 is 0 Å². The average Bonchev–Trinajstić information content (AvgIpc) is 2.51. The van der Waals surface area contributed by atoms with Gasteiger partial charge >= 0.3 is 0 Å². The number of para-hydroxylation sites is 1. The summed E-state index contributed by atoms with van der Waals surface area (Å²) in [6, 6.07) is 13.6. The number of aryl methyl sites for hydroxylation is 3. The molecule has 0 amide bonds. The molecule has 0 N–H and O–H groups in total. The number of benzene rings is 2. The molecule has 2 aromatic carbocycles. The second-order valence-electron chi connectivity index (χ2n) is 7.14. The van der Waals surface area contributed by atoms with E-state index < -0.39 is 0 Å². The average molecular weight is 320 g/mol. The van der Waals surface area contributed by atoms with E-state index in [1.54, 1.807) is 0 Å². The quantitative estimate of drug-likeness (QED) is 0.542. The van der Waals surface area contributed by atoms with Gasteiger partial charge in [0.2, 0.25) is 0 Å². The Morgan fingerprint density at radius 3 is 1.83 bits per heavy atom. The third kappa shape index (κ3) is 4.01. The first-order valence-corrected chi connectivity index (χ1v) is 8.68. The lowest BCUT2D eigenvalue weighted by atomic mass is 9.93. The highest BCUT2D eigenvalue weighted by molar-refractivity contribution is 5.65. The van der Waals surface area contributed by atoms with Crippen LogP contribution in [0.15, 0.2) is 40.3 Å². The van der Waals surface area contributed by atoms with Crippen molar-refractivity contribution < 1.29 is 0 Å². The second-order valence-corrected chi connectivity index (χ2v) is 7.14. The Morgan fingerprint density at radius 1 is 0.750 bits per heavy atom. The summed E-state index contributed by atoms with van der Waals surface area (Å²) in [6.07, 6.45) is 0. The number of hydrogen-bond acceptors (Lipinski definition) is 2. The summed E-state index contributed by atoms with van der Waals surface area (Å²) >= 11 is 0. The molecule has 0 atom stereocenters. The fourth-order valence-electron chi connectivity index (χ4n) is 2.84. The van der Waals surface area contributed by atoms with Crippen LogP contribution in [0, 0.1) is 20.8 Å². The first kappa shape index (κ1) is 18.2. The van der Waals surface area contributed by atoms with Crippen molar-refractivity contribution in [3.8, 4) is 0 Å². The fraction of sp³-hybridized carbons (Fsp3) is 0.409. The molecule has 0 aliphatic carbocycles. The molecule has 0 aliphatic heterocycles. The van der Waals surface area contributed by atoms with Crippen LogP contribution in [0.1, 0.15) is 67.3 Å². The van der Waals surface area contributed by atoms with Crippen LogP contribution < -0.4 is 0 Å². The van der Waals surface area contributed by atoms with E-state index in [-0.39, 0.29) is 0 Å². The first-order valence-electron chi connectivity index (χ1n) is 8.68. The van der Waals surface area contributed by atoms with Crippen LogP contribution in [0.2, 0.25) is 0 Å². The minimum atomic E-state index is 0.424. The van der Waals surface area contributed by atoms with E-state index >= 15 is 0 Å². The highest BCUT2D eigenvalue weighted by atomic mass is 14.8. The molecule has 2 rings (SSSR count). The summed E-state index contributed by atoms with van der Waals surface area (Å²) < 4.78 is 0. The predicted octanol–water partition coefficient (Wildman–Crippen LogP) is 7.00. The lowest BCUT2D eigenvalue weighted by molar-refractivity contribution is 0.835. The Hall–Kier alpha value is -2.18. The Morgan fingerprint density at radius 2 is 1.29 bits per heavy atom. The van der Waals surface area contributed by atoms with Gasteiger partial charge in [0.15, 0.2) is 0 Å². The van der Waals surface area contributed by atoms with Crippen molar-refractivity contribution in [3.63, 3.8) is 0 Å². The van der Waals surface area contributed by atoms with E-state index in [1.165, 1.54) is 22.3 Å². The van der Waals surface area contributed by atoms with Crippen molar-refractivity contribution in [2.24, 2.45) is 9.98 Å². The standard InChI is InChI=1S/C22H28N2/c1-14(2)19-9-8-10-20(15(3)4)22(19)24-13-23-21-12-17(6)16(5)11-18(21)7/h8-12,14-15H,1-7H3. The van der Waals surface area contributed by atoms with Crippen molar-refractivity contribution in [1.29, 1.82) is 0 Å². The van der Waals surface area contributed by atoms with Crippen molar-refractivity contribution >= 4 is 17.4 Å². The predicted molar refractivity (Wildman–Crippen MR) is 104 cm³/mol. The van der Waals surface area contributed by atoms with Crippen molar-refractivity contribution in [1.82, 2.24) is 0 Å². The van der Waals surface area contributed by atoms with Crippen LogP contribution in [-0.2, 0) is 0 Å². The maximum atomic E-state index is 4.62. The zero-order valence-electron chi connectivity index (χ0n) is 15.9. The molecular weight excluding hydrogens is 292 g/mol. The molecule has 0 saturated heterocycles. The van der Waals surface area contributed by atoms with E-state index in [0.717, 1.165) is 16.9 Å². The lowest BCUT2D eigenvalue weighted by Crippen LogP contribution is -1.94. The van der Waals surface area contributed by atoms with E-state index in [0.29, 0.717) is 11.8 Å². The molecule has 2 nitrogen and oxygen atoms in total. The van der Waals surface area contributed by atoms with Gasteiger partial charge in [-0.1, -0.05) is 52.0 Å². The smallest absolute Gasteiger partial charge is 0.101 e. The van der Waals surface area contributed by atoms with Gasteiger partial charge in [0, 0.05) is 0 Å². The molecule has 24 heavy (non-hydrogen) atoms. The van der Waals surface area contributed by atoms with Gasteiger partial charge in [-0.3, -0.25) is 0 Å². The summed E-state index contributed by atoms with van der Waals surface area (Å²) in [7, 11) is 0. The first-order chi connectivity index (χ1) is 11.3. The van der Waals surface area contributed by atoms with Gasteiger partial charge in [0.1, 0.15) is 6.01 Å². The zero-order valence-corrected chi connectivity index (χ0v) is 15.9. The van der Waals surface area contributed by atoms with Crippen LogP contribution in [0.25, 0.3) is 0 Å². The molecule has 0 saturated carbocycles. The zero-order chi connectivity index (χ0) is 17.9. The molecule has 0 heterocycles. The molecule has 126 valence electrons. The van der Waals surface area contributed by atoms with E-state index in [1.807, 2.05) is 0 Å². The molecule has 0 spiro atoms. The molecule has 0 unspecified atom stereocenters. The van der Waals surface area contributed by atoms with Gasteiger partial charge in [-0.05, 0) is 66.5 Å². The third-order valence-electron chi connectivity index (χ3n) is 4.49. The second kappa shape index (κ2) is 7.59. The minimum Gasteiger partial charge on any atom is -0.187 e. The highest BCUT2D eigenvalue weighted by Crippen LogP contribution is 2.34. The summed E-state index contributed by atoms with van der Waals surface area (Å²) in [6.45, 7) is 15.1. The Balaban J connectivity index is 2.50. The van der Waals surface area contributed by atoms with Crippen molar-refractivity contribution in [2.75, 3.05) is 0 Å². The Labute approximate surface area is 146 Å². The van der Waals surface area contributed by atoms with Gasteiger partial charge in [-0.15, -0.1) is 0 Å². The summed E-state index contributed by atoms with van der Waals surface area (Å²) in [5.74, 6) is 0.847. The maximum Gasteiger partial charge on any atom is 0.101 e. The van der Waals surface area contributed by atoms with E-state index in [2.05, 4.69) is 94.8 Å². The molecule has 2 aromatic rings. The summed E-state index contributed by atoms with van der Waals surface area (Å²) in [4.78, 5) is 9.11. The largest absolute Gasteiger partial charge is 0.187 e. The van der Waals surface area contributed by atoms with Gasteiger partial charge in [-0.2, -0.15) is 9.98 Å². The maximum absolute atomic E-state index is 4.62. The molecule has 0 aliphatic rings. The van der Waals surface area contributed by atoms with Gasteiger partial charge < -0.3 is 0 Å². The molecule has 0 bridgehead atoms. The SMILES string of the molecule is Cc1cc(C)c(N=C=Nc2c(C(C)C)cccc2C(C)C)cc1C. The number of nitrogens with zero attached hydrogens (tertiary/aromatic N) is 2. The van der Waals surface area contributed by atoms with Crippen LogP contribution in [-0.4, -0.2) is 6.01 Å². The molecule has 2 heteroatoms. The fourth-order valence-corrected chi connectivity index (χ4v) is 2.84. The topological polar surface area (TPSA) is 24.7 Å². The van der Waals surface area contributed by atoms with Crippen LogP contribution in [0.3, 0.4) is 0 Å². The van der Waals surface area contributed by atoms with E-state index in [9.17, 15) is 0 Å². The van der Waals surface area contributed by atoms with Gasteiger partial charge in [0.25, 0.3) is 0 Å². The summed E-state index contributed by atoms with van der Waals surface area (Å²) in [5.41, 5.74) is 8.15. The van der Waals surface area contributed by atoms with Crippen molar-refractivity contribution in [2.45, 2.75) is 60.3 Å². The molecular formula is C22H28N2. The minimum absolute atomic E-state index is 0.424. The van der Waals surface area contributed by atoms with E-state index in [4.69, 9.17) is 0 Å². The highest BCUT2D eigenvalue weighted by Gasteiger charge is 2.12. The number of rotatable bonds is 4. The molecule has 0 fully saturated rings. The lowest BCUT2D eigenvalue weighted by Gasteiger charge is -2.15. The molecule has 0 aromatic heterocycles. The number of hydrogen-bond donors (Lipinski definition) is 0.